The van der Waals surface area contributed by atoms with Gasteiger partial charge >= 0.3 is 0 Å². The second-order valence-electron chi connectivity index (χ2n) is 6.37. The van der Waals surface area contributed by atoms with E-state index < -0.39 is 10.2 Å². The zero-order valence-electron chi connectivity index (χ0n) is 14.1. The average molecular weight is 320 g/mol. The zero-order chi connectivity index (χ0) is 15.9. The standard InChI is InChI=1S/C15H33N3O2S/c1-5-9-16-11-15-8-7-10-18(12-15)21(19,20)17-14(4)13(3)6-2/h13-17H,5-12H2,1-4H3. The molecule has 0 aromatic rings. The van der Waals surface area contributed by atoms with Gasteiger partial charge < -0.3 is 5.32 Å². The molecule has 0 aliphatic carbocycles. The van der Waals surface area contributed by atoms with E-state index >= 15 is 0 Å². The first-order valence-corrected chi connectivity index (χ1v) is 9.82. The van der Waals surface area contributed by atoms with Crippen LogP contribution in [0.5, 0.6) is 0 Å². The molecule has 1 fully saturated rings. The van der Waals surface area contributed by atoms with Gasteiger partial charge in [-0.25, -0.2) is 0 Å². The Kier molecular flexibility index (Phi) is 8.16. The van der Waals surface area contributed by atoms with Crippen molar-refractivity contribution in [2.24, 2.45) is 11.8 Å². The molecule has 0 aromatic carbocycles. The lowest BCUT2D eigenvalue weighted by Crippen LogP contribution is -2.50. The predicted octanol–water partition coefficient (Wildman–Crippen LogP) is 1.97. The van der Waals surface area contributed by atoms with Crippen LogP contribution in [0.15, 0.2) is 0 Å². The molecule has 0 amide bonds. The van der Waals surface area contributed by atoms with Crippen molar-refractivity contribution in [1.29, 1.82) is 0 Å². The molecule has 1 rings (SSSR count). The highest BCUT2D eigenvalue weighted by Crippen LogP contribution is 2.19. The van der Waals surface area contributed by atoms with Crippen LogP contribution < -0.4 is 10.0 Å². The lowest BCUT2D eigenvalue weighted by Gasteiger charge is -2.33. The average Bonchev–Trinajstić information content (AvgIpc) is 2.46. The Morgan fingerprint density at radius 1 is 1.29 bits per heavy atom. The third kappa shape index (κ3) is 6.22. The molecule has 5 nitrogen and oxygen atoms in total. The second kappa shape index (κ2) is 9.08. The first-order chi connectivity index (χ1) is 9.90. The third-order valence-corrected chi connectivity index (χ3v) is 6.19. The second-order valence-corrected chi connectivity index (χ2v) is 8.07. The van der Waals surface area contributed by atoms with Crippen molar-refractivity contribution in [3.05, 3.63) is 0 Å². The molecule has 1 saturated heterocycles. The van der Waals surface area contributed by atoms with Gasteiger partial charge in [0.15, 0.2) is 0 Å². The molecule has 1 heterocycles. The van der Waals surface area contributed by atoms with Crippen LogP contribution in [0.25, 0.3) is 0 Å². The summed E-state index contributed by atoms with van der Waals surface area (Å²) >= 11 is 0. The minimum atomic E-state index is -3.35. The maximum absolute atomic E-state index is 12.5. The van der Waals surface area contributed by atoms with Crippen LogP contribution >= 0.6 is 0 Å². The monoisotopic (exact) mass is 319 g/mol. The normalized spacial score (nSPS) is 23.9. The Bertz CT molecular complexity index is 386. The highest BCUT2D eigenvalue weighted by atomic mass is 32.2. The highest BCUT2D eigenvalue weighted by Gasteiger charge is 2.30. The van der Waals surface area contributed by atoms with E-state index in [9.17, 15) is 8.42 Å². The predicted molar refractivity (Wildman–Crippen MR) is 88.4 cm³/mol. The SMILES string of the molecule is CCCNCC1CCCN(S(=O)(=O)NC(C)C(C)CC)C1. The fourth-order valence-electron chi connectivity index (χ4n) is 2.67. The minimum absolute atomic E-state index is 0.0152. The molecule has 6 heteroatoms. The fourth-order valence-corrected chi connectivity index (χ4v) is 4.30. The van der Waals surface area contributed by atoms with Crippen LogP contribution in [-0.2, 0) is 10.2 Å². The van der Waals surface area contributed by atoms with E-state index in [4.69, 9.17) is 0 Å². The molecule has 1 aliphatic rings. The molecule has 1 aliphatic heterocycles. The van der Waals surface area contributed by atoms with E-state index in [1.165, 1.54) is 0 Å². The summed E-state index contributed by atoms with van der Waals surface area (Å²) in [6, 6.07) is -0.0152. The molecule has 126 valence electrons. The van der Waals surface area contributed by atoms with Gasteiger partial charge in [0.05, 0.1) is 0 Å². The van der Waals surface area contributed by atoms with Gasteiger partial charge in [0.25, 0.3) is 10.2 Å². The van der Waals surface area contributed by atoms with Crippen molar-refractivity contribution in [3.63, 3.8) is 0 Å². The summed E-state index contributed by atoms with van der Waals surface area (Å²) in [5.41, 5.74) is 0. The fraction of sp³-hybridized carbons (Fsp3) is 1.00. The lowest BCUT2D eigenvalue weighted by atomic mass is 10.00. The van der Waals surface area contributed by atoms with Crippen LogP contribution in [0, 0.1) is 11.8 Å². The first kappa shape index (κ1) is 18.9. The summed E-state index contributed by atoms with van der Waals surface area (Å²) in [6.07, 6.45) is 4.16. The van der Waals surface area contributed by atoms with Gasteiger partial charge in [-0.15, -0.1) is 0 Å². The van der Waals surface area contributed by atoms with E-state index in [0.29, 0.717) is 24.9 Å². The molecular formula is C15H33N3O2S. The van der Waals surface area contributed by atoms with Crippen LogP contribution in [-0.4, -0.2) is 44.9 Å². The maximum atomic E-state index is 12.5. The molecule has 21 heavy (non-hydrogen) atoms. The quantitative estimate of drug-likeness (QED) is 0.639. The molecule has 0 radical (unpaired) electrons. The van der Waals surface area contributed by atoms with Crippen molar-refractivity contribution in [2.75, 3.05) is 26.2 Å². The van der Waals surface area contributed by atoms with E-state index in [2.05, 4.69) is 30.8 Å². The number of piperidine rings is 1. The summed E-state index contributed by atoms with van der Waals surface area (Å²) in [5, 5.41) is 3.40. The molecule has 0 bridgehead atoms. The van der Waals surface area contributed by atoms with Crippen LogP contribution in [0.1, 0.15) is 53.4 Å². The number of nitrogens with one attached hydrogen (secondary N) is 2. The van der Waals surface area contributed by atoms with Gasteiger partial charge in [0.1, 0.15) is 0 Å². The van der Waals surface area contributed by atoms with Crippen LogP contribution in [0.2, 0.25) is 0 Å². The molecule has 3 atom stereocenters. The van der Waals surface area contributed by atoms with Crippen molar-refractivity contribution < 1.29 is 8.42 Å². The summed E-state index contributed by atoms with van der Waals surface area (Å²) in [5.74, 6) is 0.785. The topological polar surface area (TPSA) is 61.4 Å². The Hall–Kier alpha value is -0.170. The third-order valence-electron chi connectivity index (χ3n) is 4.51. The van der Waals surface area contributed by atoms with Gasteiger partial charge in [-0.2, -0.15) is 17.4 Å². The van der Waals surface area contributed by atoms with Crippen LogP contribution in [0.3, 0.4) is 0 Å². The zero-order valence-corrected chi connectivity index (χ0v) is 14.9. The molecule has 0 spiro atoms. The van der Waals surface area contributed by atoms with Crippen molar-refractivity contribution in [2.45, 2.75) is 59.4 Å². The molecule has 2 N–H and O–H groups in total. The maximum Gasteiger partial charge on any atom is 0.279 e. The minimum Gasteiger partial charge on any atom is -0.316 e. The number of hydrogen-bond donors (Lipinski definition) is 2. The summed E-state index contributed by atoms with van der Waals surface area (Å²) in [6.45, 7) is 11.5. The first-order valence-electron chi connectivity index (χ1n) is 8.38. The van der Waals surface area contributed by atoms with Gasteiger partial charge in [0, 0.05) is 19.1 Å². The van der Waals surface area contributed by atoms with Gasteiger partial charge in [-0.3, -0.25) is 0 Å². The largest absolute Gasteiger partial charge is 0.316 e. The Morgan fingerprint density at radius 3 is 2.62 bits per heavy atom. The number of hydrogen-bond acceptors (Lipinski definition) is 3. The van der Waals surface area contributed by atoms with Crippen molar-refractivity contribution in [3.8, 4) is 0 Å². The van der Waals surface area contributed by atoms with Crippen molar-refractivity contribution in [1.82, 2.24) is 14.3 Å². The number of rotatable bonds is 9. The van der Waals surface area contributed by atoms with Gasteiger partial charge in [-0.05, 0) is 51.1 Å². The highest BCUT2D eigenvalue weighted by molar-refractivity contribution is 7.87. The van der Waals surface area contributed by atoms with E-state index in [1.807, 2.05) is 6.92 Å². The molecule has 3 unspecified atom stereocenters. The van der Waals surface area contributed by atoms with Crippen LogP contribution in [0.4, 0.5) is 0 Å². The van der Waals surface area contributed by atoms with Crippen molar-refractivity contribution >= 4 is 10.2 Å². The Labute approximate surface area is 131 Å². The van der Waals surface area contributed by atoms with E-state index in [1.54, 1.807) is 4.31 Å². The molecule has 0 saturated carbocycles. The lowest BCUT2D eigenvalue weighted by molar-refractivity contribution is 0.255. The van der Waals surface area contributed by atoms with E-state index in [-0.39, 0.29) is 6.04 Å². The Balaban J connectivity index is 2.53. The summed E-state index contributed by atoms with van der Waals surface area (Å²) in [4.78, 5) is 0. The van der Waals surface area contributed by atoms with E-state index in [0.717, 1.165) is 38.8 Å². The summed E-state index contributed by atoms with van der Waals surface area (Å²) in [7, 11) is -3.35. The van der Waals surface area contributed by atoms with Gasteiger partial charge in [0.2, 0.25) is 0 Å². The molecule has 0 aromatic heterocycles. The Morgan fingerprint density at radius 2 is 2.00 bits per heavy atom. The molecular weight excluding hydrogens is 286 g/mol. The summed E-state index contributed by atoms with van der Waals surface area (Å²) < 4.78 is 29.4. The smallest absolute Gasteiger partial charge is 0.279 e. The van der Waals surface area contributed by atoms with Gasteiger partial charge in [-0.1, -0.05) is 27.2 Å². The number of nitrogens with zero attached hydrogens (tertiary/aromatic N) is 1.